The molecule has 1 N–H and O–H groups in total. The minimum absolute atomic E-state index is 0.135. The van der Waals surface area contributed by atoms with E-state index in [2.05, 4.69) is 19.2 Å². The van der Waals surface area contributed by atoms with Crippen molar-refractivity contribution >= 4 is 0 Å². The fourth-order valence-electron chi connectivity index (χ4n) is 1.65. The van der Waals surface area contributed by atoms with Gasteiger partial charge in [-0.2, -0.15) is 0 Å². The fourth-order valence-corrected chi connectivity index (χ4v) is 1.65. The molecule has 1 fully saturated rings. The molecule has 3 nitrogen and oxygen atoms in total. The normalized spacial score (nSPS) is 27.1. The Hall–Kier alpha value is -0.800. The molecule has 1 unspecified atom stereocenters. The smallest absolute Gasteiger partial charge is 0.0980 e. The van der Waals surface area contributed by atoms with Crippen LogP contribution in [-0.2, 0) is 4.74 Å². The highest BCUT2D eigenvalue weighted by molar-refractivity contribution is 5.10. The number of furan rings is 1. The number of hydrogen-bond acceptors (Lipinski definition) is 3. The number of rotatable bonds is 1. The van der Waals surface area contributed by atoms with Crippen molar-refractivity contribution in [1.29, 1.82) is 0 Å². The van der Waals surface area contributed by atoms with Gasteiger partial charge in [0.2, 0.25) is 0 Å². The number of nitrogens with one attached hydrogen (secondary N) is 1. The van der Waals surface area contributed by atoms with E-state index in [4.69, 9.17) is 9.15 Å². The predicted molar refractivity (Wildman–Crippen MR) is 54.1 cm³/mol. The first-order valence-electron chi connectivity index (χ1n) is 5.02. The number of ether oxygens (including phenoxy) is 1. The summed E-state index contributed by atoms with van der Waals surface area (Å²) in [5, 5.41) is 3.41. The lowest BCUT2D eigenvalue weighted by Gasteiger charge is -2.21. The van der Waals surface area contributed by atoms with Crippen molar-refractivity contribution in [2.45, 2.75) is 20.0 Å². The molecule has 1 aromatic rings. The van der Waals surface area contributed by atoms with E-state index in [1.54, 1.807) is 12.5 Å². The van der Waals surface area contributed by atoms with Gasteiger partial charge >= 0.3 is 0 Å². The second-order valence-electron chi connectivity index (χ2n) is 4.65. The molecule has 1 aliphatic heterocycles. The summed E-state index contributed by atoms with van der Waals surface area (Å²) in [6, 6.07) is 1.96. The molecule has 0 amide bonds. The highest BCUT2D eigenvalue weighted by Crippen LogP contribution is 2.25. The zero-order chi connectivity index (χ0) is 10.0. The zero-order valence-electron chi connectivity index (χ0n) is 8.75. The molecule has 2 rings (SSSR count). The SMILES string of the molecule is CC1(C)CNCC(c2ccoc2)OC1. The molecule has 14 heavy (non-hydrogen) atoms. The lowest BCUT2D eigenvalue weighted by Crippen LogP contribution is -2.29. The van der Waals surface area contributed by atoms with Crippen LogP contribution in [-0.4, -0.2) is 19.7 Å². The summed E-state index contributed by atoms with van der Waals surface area (Å²) in [6.07, 6.45) is 3.58. The van der Waals surface area contributed by atoms with Gasteiger partial charge in [-0.3, -0.25) is 0 Å². The van der Waals surface area contributed by atoms with E-state index < -0.39 is 0 Å². The van der Waals surface area contributed by atoms with E-state index in [1.807, 2.05) is 6.07 Å². The molecular formula is C11H17NO2. The first-order valence-corrected chi connectivity index (χ1v) is 5.02. The summed E-state index contributed by atoms with van der Waals surface area (Å²) in [5.41, 5.74) is 1.34. The molecule has 0 saturated carbocycles. The molecule has 78 valence electrons. The number of hydrogen-bond donors (Lipinski definition) is 1. The highest BCUT2D eigenvalue weighted by Gasteiger charge is 2.25. The Morgan fingerprint density at radius 1 is 1.50 bits per heavy atom. The van der Waals surface area contributed by atoms with Crippen LogP contribution in [0.1, 0.15) is 25.5 Å². The van der Waals surface area contributed by atoms with E-state index >= 15 is 0 Å². The van der Waals surface area contributed by atoms with Gasteiger partial charge in [0.25, 0.3) is 0 Å². The van der Waals surface area contributed by atoms with E-state index in [0.29, 0.717) is 0 Å². The van der Waals surface area contributed by atoms with Crippen LogP contribution in [0.2, 0.25) is 0 Å². The van der Waals surface area contributed by atoms with Crippen molar-refractivity contribution in [3.63, 3.8) is 0 Å². The van der Waals surface area contributed by atoms with Gasteiger partial charge < -0.3 is 14.5 Å². The Labute approximate surface area is 84.4 Å². The summed E-state index contributed by atoms with van der Waals surface area (Å²) >= 11 is 0. The lowest BCUT2D eigenvalue weighted by molar-refractivity contribution is 0.0257. The Balaban J connectivity index is 2.03. The molecule has 3 heteroatoms. The third-order valence-electron chi connectivity index (χ3n) is 2.52. The maximum atomic E-state index is 5.84. The molecule has 0 aromatic carbocycles. The summed E-state index contributed by atoms with van der Waals surface area (Å²) in [6.45, 7) is 7.07. The first-order chi connectivity index (χ1) is 6.67. The minimum atomic E-state index is 0.135. The lowest BCUT2D eigenvalue weighted by atomic mass is 9.95. The molecule has 1 aromatic heterocycles. The molecule has 0 aliphatic carbocycles. The maximum Gasteiger partial charge on any atom is 0.0980 e. The standard InChI is InChI=1S/C11H17NO2/c1-11(2)7-12-5-10(14-8-11)9-3-4-13-6-9/h3-4,6,10,12H,5,7-8H2,1-2H3. The van der Waals surface area contributed by atoms with Crippen LogP contribution >= 0.6 is 0 Å². The van der Waals surface area contributed by atoms with Crippen LogP contribution in [0, 0.1) is 5.41 Å². The van der Waals surface area contributed by atoms with E-state index in [1.165, 1.54) is 0 Å². The van der Waals surface area contributed by atoms with Gasteiger partial charge in [0, 0.05) is 24.1 Å². The Kier molecular flexibility index (Phi) is 2.61. The molecular weight excluding hydrogens is 178 g/mol. The van der Waals surface area contributed by atoms with Crippen LogP contribution in [0.15, 0.2) is 23.0 Å². The molecule has 2 heterocycles. The van der Waals surface area contributed by atoms with Crippen LogP contribution in [0.25, 0.3) is 0 Å². The Morgan fingerprint density at radius 2 is 2.36 bits per heavy atom. The third kappa shape index (κ3) is 2.16. The van der Waals surface area contributed by atoms with Crippen molar-refractivity contribution in [1.82, 2.24) is 5.32 Å². The van der Waals surface area contributed by atoms with Gasteiger partial charge in [-0.25, -0.2) is 0 Å². The quantitative estimate of drug-likeness (QED) is 0.744. The first kappa shape index (κ1) is 9.74. The third-order valence-corrected chi connectivity index (χ3v) is 2.52. The molecule has 0 spiro atoms. The largest absolute Gasteiger partial charge is 0.472 e. The van der Waals surface area contributed by atoms with E-state index in [9.17, 15) is 0 Å². The van der Waals surface area contributed by atoms with Gasteiger partial charge in [-0.15, -0.1) is 0 Å². The van der Waals surface area contributed by atoms with Crippen LogP contribution in [0.3, 0.4) is 0 Å². The van der Waals surface area contributed by atoms with Gasteiger partial charge in [-0.05, 0) is 6.07 Å². The van der Waals surface area contributed by atoms with Crippen molar-refractivity contribution < 1.29 is 9.15 Å². The average Bonchev–Trinajstić information content (AvgIpc) is 2.58. The summed E-state index contributed by atoms with van der Waals surface area (Å²) in [7, 11) is 0. The van der Waals surface area contributed by atoms with Crippen molar-refractivity contribution in [3.05, 3.63) is 24.2 Å². The molecule has 0 bridgehead atoms. The van der Waals surface area contributed by atoms with Gasteiger partial charge in [-0.1, -0.05) is 13.8 Å². The monoisotopic (exact) mass is 195 g/mol. The van der Waals surface area contributed by atoms with E-state index in [0.717, 1.165) is 25.3 Å². The Bertz CT molecular complexity index is 279. The van der Waals surface area contributed by atoms with Crippen molar-refractivity contribution in [2.75, 3.05) is 19.7 Å². The molecule has 1 aliphatic rings. The van der Waals surface area contributed by atoms with Crippen LogP contribution in [0.4, 0.5) is 0 Å². The summed E-state index contributed by atoms with van der Waals surface area (Å²) in [4.78, 5) is 0. The second-order valence-corrected chi connectivity index (χ2v) is 4.65. The minimum Gasteiger partial charge on any atom is -0.472 e. The summed E-state index contributed by atoms with van der Waals surface area (Å²) < 4.78 is 10.9. The van der Waals surface area contributed by atoms with Crippen molar-refractivity contribution in [2.24, 2.45) is 5.41 Å². The molecule has 1 saturated heterocycles. The Morgan fingerprint density at radius 3 is 3.07 bits per heavy atom. The average molecular weight is 195 g/mol. The molecule has 0 radical (unpaired) electrons. The van der Waals surface area contributed by atoms with E-state index in [-0.39, 0.29) is 11.5 Å². The van der Waals surface area contributed by atoms with Gasteiger partial charge in [0.1, 0.15) is 0 Å². The molecule has 1 atom stereocenters. The van der Waals surface area contributed by atoms with Crippen molar-refractivity contribution in [3.8, 4) is 0 Å². The van der Waals surface area contributed by atoms with Gasteiger partial charge in [0.05, 0.1) is 25.2 Å². The zero-order valence-corrected chi connectivity index (χ0v) is 8.75. The second kappa shape index (κ2) is 3.75. The van der Waals surface area contributed by atoms with Crippen LogP contribution < -0.4 is 5.32 Å². The van der Waals surface area contributed by atoms with Gasteiger partial charge in [0.15, 0.2) is 0 Å². The highest BCUT2D eigenvalue weighted by atomic mass is 16.5. The summed E-state index contributed by atoms with van der Waals surface area (Å²) in [5.74, 6) is 0. The maximum absolute atomic E-state index is 5.84. The fraction of sp³-hybridized carbons (Fsp3) is 0.636. The van der Waals surface area contributed by atoms with Crippen LogP contribution in [0.5, 0.6) is 0 Å². The topological polar surface area (TPSA) is 34.4 Å². The predicted octanol–water partition coefficient (Wildman–Crippen LogP) is 1.97.